The lowest BCUT2D eigenvalue weighted by Gasteiger charge is -2.10. The highest BCUT2D eigenvalue weighted by atomic mass is 35.5. The van der Waals surface area contributed by atoms with Crippen LogP contribution in [0.5, 0.6) is 11.6 Å². The Labute approximate surface area is 124 Å². The summed E-state index contributed by atoms with van der Waals surface area (Å²) in [5, 5.41) is 3.38. The molecule has 0 saturated heterocycles. The number of rotatable bonds is 3. The van der Waals surface area contributed by atoms with Gasteiger partial charge in [-0.05, 0) is 36.1 Å². The molecule has 2 aromatic heterocycles. The molecule has 0 radical (unpaired) electrons. The van der Waals surface area contributed by atoms with Gasteiger partial charge in [-0.15, -0.1) is 11.3 Å². The van der Waals surface area contributed by atoms with Gasteiger partial charge in [0.05, 0.1) is 5.39 Å². The van der Waals surface area contributed by atoms with Crippen LogP contribution in [-0.2, 0) is 0 Å². The summed E-state index contributed by atoms with van der Waals surface area (Å²) >= 11 is 7.49. The fraction of sp³-hybridized carbons (Fsp3) is 0.0769. The van der Waals surface area contributed by atoms with Gasteiger partial charge in [0.15, 0.2) is 0 Å². The van der Waals surface area contributed by atoms with E-state index in [9.17, 15) is 0 Å². The zero-order chi connectivity index (χ0) is 14.1. The minimum atomic E-state index is 0.314. The van der Waals surface area contributed by atoms with Crippen molar-refractivity contribution in [3.63, 3.8) is 0 Å². The van der Waals surface area contributed by atoms with Crippen molar-refractivity contribution in [2.45, 2.75) is 6.92 Å². The Morgan fingerprint density at radius 3 is 2.95 bits per heavy atom. The largest absolute Gasteiger partial charge is 0.438 e. The number of nitrogen functional groups attached to an aromatic ring is 1. The molecule has 5 nitrogen and oxygen atoms in total. The van der Waals surface area contributed by atoms with Gasteiger partial charge in [-0.1, -0.05) is 17.7 Å². The third-order valence-corrected chi connectivity index (χ3v) is 3.82. The van der Waals surface area contributed by atoms with Crippen molar-refractivity contribution in [2.75, 3.05) is 5.43 Å². The summed E-state index contributed by atoms with van der Waals surface area (Å²) in [6.07, 6.45) is 0. The minimum absolute atomic E-state index is 0.314. The number of thiophene rings is 1. The predicted molar refractivity (Wildman–Crippen MR) is 81.5 cm³/mol. The first-order chi connectivity index (χ1) is 9.67. The van der Waals surface area contributed by atoms with Gasteiger partial charge < -0.3 is 4.74 Å². The predicted octanol–water partition coefficient (Wildman–Crippen LogP) is 3.73. The van der Waals surface area contributed by atoms with Gasteiger partial charge in [0.25, 0.3) is 0 Å². The lowest BCUT2D eigenvalue weighted by Crippen LogP contribution is -2.10. The Morgan fingerprint density at radius 1 is 1.30 bits per heavy atom. The van der Waals surface area contributed by atoms with Gasteiger partial charge in [-0.25, -0.2) is 10.8 Å². The molecule has 3 rings (SSSR count). The number of hydrogen-bond donors (Lipinski definition) is 2. The van der Waals surface area contributed by atoms with Crippen LogP contribution >= 0.6 is 22.9 Å². The van der Waals surface area contributed by atoms with Crippen LogP contribution in [0.1, 0.15) is 5.56 Å². The minimum Gasteiger partial charge on any atom is -0.438 e. The van der Waals surface area contributed by atoms with Crippen molar-refractivity contribution in [1.82, 2.24) is 9.97 Å². The first-order valence-electron chi connectivity index (χ1n) is 5.83. The number of nitrogens with two attached hydrogens (primary N) is 1. The van der Waals surface area contributed by atoms with Crippen molar-refractivity contribution >= 4 is 39.1 Å². The topological polar surface area (TPSA) is 73.1 Å². The smallest absolute Gasteiger partial charge is 0.241 e. The summed E-state index contributed by atoms with van der Waals surface area (Å²) in [5.41, 5.74) is 3.41. The van der Waals surface area contributed by atoms with Crippen molar-refractivity contribution < 1.29 is 4.74 Å². The number of aryl methyl sites for hydroxylation is 1. The van der Waals surface area contributed by atoms with E-state index in [-0.39, 0.29) is 0 Å². The first-order valence-corrected chi connectivity index (χ1v) is 7.09. The number of benzene rings is 1. The molecule has 2 heterocycles. The van der Waals surface area contributed by atoms with Crippen molar-refractivity contribution in [2.24, 2.45) is 5.84 Å². The average Bonchev–Trinajstić information content (AvgIpc) is 2.91. The highest BCUT2D eigenvalue weighted by Gasteiger charge is 2.12. The number of nitrogens with one attached hydrogen (secondary N) is 1. The molecule has 3 aromatic rings. The third kappa shape index (κ3) is 2.40. The van der Waals surface area contributed by atoms with Gasteiger partial charge in [0.2, 0.25) is 11.8 Å². The molecule has 20 heavy (non-hydrogen) atoms. The van der Waals surface area contributed by atoms with Crippen LogP contribution in [0.2, 0.25) is 5.02 Å². The number of aromatic nitrogens is 2. The van der Waals surface area contributed by atoms with E-state index in [2.05, 4.69) is 15.4 Å². The molecule has 0 unspecified atom stereocenters. The van der Waals surface area contributed by atoms with E-state index in [0.717, 1.165) is 15.8 Å². The second-order valence-electron chi connectivity index (χ2n) is 4.15. The number of ether oxygens (including phenoxy) is 1. The first kappa shape index (κ1) is 13.1. The van der Waals surface area contributed by atoms with Crippen LogP contribution in [0.4, 0.5) is 5.95 Å². The SMILES string of the molecule is Cc1ccc(Cl)cc1Oc1nc(NN)nc2sccc12. The molecule has 0 fully saturated rings. The molecular weight excluding hydrogens is 296 g/mol. The Kier molecular flexibility index (Phi) is 3.43. The molecule has 0 aliphatic rings. The van der Waals surface area contributed by atoms with Gasteiger partial charge >= 0.3 is 0 Å². The third-order valence-electron chi connectivity index (χ3n) is 2.78. The second-order valence-corrected chi connectivity index (χ2v) is 5.48. The molecule has 0 bridgehead atoms. The van der Waals surface area contributed by atoms with Crippen molar-refractivity contribution in [1.29, 1.82) is 0 Å². The van der Waals surface area contributed by atoms with Crippen LogP contribution in [-0.4, -0.2) is 9.97 Å². The highest BCUT2D eigenvalue weighted by Crippen LogP contribution is 2.33. The number of nitrogens with zero attached hydrogens (tertiary/aromatic N) is 2. The molecule has 3 N–H and O–H groups in total. The summed E-state index contributed by atoms with van der Waals surface area (Å²) in [7, 11) is 0. The molecule has 0 amide bonds. The summed E-state index contributed by atoms with van der Waals surface area (Å²) in [6, 6.07) is 7.38. The maximum Gasteiger partial charge on any atom is 0.241 e. The van der Waals surface area contributed by atoms with Crippen LogP contribution in [0.25, 0.3) is 10.2 Å². The molecule has 1 aromatic carbocycles. The molecular formula is C13H11ClN4OS. The Morgan fingerprint density at radius 2 is 2.15 bits per heavy atom. The summed E-state index contributed by atoms with van der Waals surface area (Å²) in [4.78, 5) is 9.32. The standard InChI is InChI=1S/C13H11ClN4OS/c1-7-2-3-8(14)6-10(7)19-11-9-4-5-20-12(9)17-13(16-11)18-15/h2-6H,15H2,1H3,(H,16,17,18). The fourth-order valence-corrected chi connectivity index (χ4v) is 2.68. The van der Waals surface area contributed by atoms with Gasteiger partial charge in [0.1, 0.15) is 10.6 Å². The van der Waals surface area contributed by atoms with Gasteiger partial charge in [0, 0.05) is 5.02 Å². The number of anilines is 1. The Bertz CT molecular complexity index is 774. The van der Waals surface area contributed by atoms with E-state index < -0.39 is 0 Å². The molecule has 0 saturated carbocycles. The molecule has 0 atom stereocenters. The molecule has 0 aliphatic carbocycles. The fourth-order valence-electron chi connectivity index (χ4n) is 1.76. The number of hydrazine groups is 1. The van der Waals surface area contributed by atoms with Gasteiger partial charge in [-0.2, -0.15) is 4.98 Å². The Balaban J connectivity index is 2.09. The molecule has 102 valence electrons. The molecule has 0 spiro atoms. The van der Waals surface area contributed by atoms with Crippen LogP contribution in [0, 0.1) is 6.92 Å². The highest BCUT2D eigenvalue weighted by molar-refractivity contribution is 7.16. The van der Waals surface area contributed by atoms with Crippen molar-refractivity contribution in [3.8, 4) is 11.6 Å². The van der Waals surface area contributed by atoms with Crippen LogP contribution in [0.3, 0.4) is 0 Å². The molecule has 0 aliphatic heterocycles. The normalized spacial score (nSPS) is 10.8. The zero-order valence-corrected chi connectivity index (χ0v) is 12.1. The van der Waals surface area contributed by atoms with Crippen molar-refractivity contribution in [3.05, 3.63) is 40.2 Å². The van der Waals surface area contributed by atoms with E-state index in [0.29, 0.717) is 22.6 Å². The molecule has 7 heteroatoms. The van der Waals surface area contributed by atoms with Crippen LogP contribution in [0.15, 0.2) is 29.6 Å². The quantitative estimate of drug-likeness (QED) is 0.570. The van der Waals surface area contributed by atoms with E-state index >= 15 is 0 Å². The Hall–Kier alpha value is -1.89. The van der Waals surface area contributed by atoms with Crippen LogP contribution < -0.4 is 16.0 Å². The van der Waals surface area contributed by atoms with E-state index in [1.54, 1.807) is 6.07 Å². The van der Waals surface area contributed by atoms with E-state index in [1.807, 2.05) is 30.5 Å². The lowest BCUT2D eigenvalue weighted by atomic mass is 10.2. The monoisotopic (exact) mass is 306 g/mol. The maximum absolute atomic E-state index is 6.00. The number of hydrogen-bond acceptors (Lipinski definition) is 6. The number of halogens is 1. The second kappa shape index (κ2) is 5.24. The van der Waals surface area contributed by atoms with E-state index in [1.165, 1.54) is 11.3 Å². The lowest BCUT2D eigenvalue weighted by molar-refractivity contribution is 0.465. The number of fused-ring (bicyclic) bond motifs is 1. The van der Waals surface area contributed by atoms with Gasteiger partial charge in [-0.3, -0.25) is 5.43 Å². The summed E-state index contributed by atoms with van der Waals surface area (Å²) in [6.45, 7) is 1.94. The maximum atomic E-state index is 6.00. The summed E-state index contributed by atoms with van der Waals surface area (Å²) in [5.74, 6) is 6.81. The van der Waals surface area contributed by atoms with E-state index in [4.69, 9.17) is 22.2 Å². The summed E-state index contributed by atoms with van der Waals surface area (Å²) < 4.78 is 5.88. The average molecular weight is 307 g/mol. The zero-order valence-electron chi connectivity index (χ0n) is 10.6.